The van der Waals surface area contributed by atoms with Gasteiger partial charge in [0.1, 0.15) is 0 Å². The fourth-order valence-corrected chi connectivity index (χ4v) is 1.97. The molecule has 0 saturated heterocycles. The van der Waals surface area contributed by atoms with Crippen molar-refractivity contribution in [1.82, 2.24) is 20.4 Å². The summed E-state index contributed by atoms with van der Waals surface area (Å²) < 4.78 is 1.88. The quantitative estimate of drug-likeness (QED) is 0.795. The summed E-state index contributed by atoms with van der Waals surface area (Å²) in [7, 11) is 1.84. The molecule has 1 heterocycles. The monoisotopic (exact) mass is 272 g/mol. The van der Waals surface area contributed by atoms with Gasteiger partial charge in [0.2, 0.25) is 5.91 Å². The number of nitrogens with one attached hydrogen (secondary N) is 2. The van der Waals surface area contributed by atoms with Crippen LogP contribution in [-0.4, -0.2) is 29.3 Å². The molecule has 0 spiro atoms. The highest BCUT2D eigenvalue weighted by atomic mass is 16.1. The lowest BCUT2D eigenvalue weighted by atomic mass is 10.1. The van der Waals surface area contributed by atoms with Crippen LogP contribution < -0.4 is 10.6 Å². The predicted octanol–water partition coefficient (Wildman–Crippen LogP) is 1.16. The third kappa shape index (κ3) is 4.20. The van der Waals surface area contributed by atoms with Gasteiger partial charge in [-0.05, 0) is 24.2 Å². The third-order valence-corrected chi connectivity index (χ3v) is 3.09. The molecule has 1 aromatic heterocycles. The number of carbonyl (C=O) groups excluding carboxylic acids is 1. The molecule has 0 aliphatic heterocycles. The number of carbonyl (C=O) groups is 1. The van der Waals surface area contributed by atoms with Gasteiger partial charge in [0.15, 0.2) is 0 Å². The van der Waals surface area contributed by atoms with Gasteiger partial charge >= 0.3 is 0 Å². The van der Waals surface area contributed by atoms with Crippen molar-refractivity contribution in [2.24, 2.45) is 0 Å². The molecule has 0 bridgehead atoms. The average Bonchev–Trinajstić information content (AvgIpc) is 2.97. The zero-order valence-corrected chi connectivity index (χ0v) is 11.7. The van der Waals surface area contributed by atoms with E-state index >= 15 is 0 Å². The smallest absolute Gasteiger partial charge is 0.221 e. The molecule has 0 saturated carbocycles. The Hall–Kier alpha value is -2.14. The van der Waals surface area contributed by atoms with E-state index in [2.05, 4.69) is 21.8 Å². The van der Waals surface area contributed by atoms with Crippen molar-refractivity contribution in [3.8, 4) is 0 Å². The number of benzene rings is 1. The predicted molar refractivity (Wildman–Crippen MR) is 78.2 cm³/mol. The minimum atomic E-state index is 0.0632. The second-order valence-electron chi connectivity index (χ2n) is 4.60. The summed E-state index contributed by atoms with van der Waals surface area (Å²) in [4.78, 5) is 11.6. The van der Waals surface area contributed by atoms with E-state index in [1.807, 2.05) is 42.2 Å². The van der Waals surface area contributed by atoms with Crippen LogP contribution in [0.3, 0.4) is 0 Å². The first-order chi connectivity index (χ1) is 9.79. The summed E-state index contributed by atoms with van der Waals surface area (Å²) in [6, 6.07) is 10.0. The summed E-state index contributed by atoms with van der Waals surface area (Å²) >= 11 is 0. The number of amides is 1. The van der Waals surface area contributed by atoms with Gasteiger partial charge in [-0.2, -0.15) is 5.10 Å². The van der Waals surface area contributed by atoms with Crippen LogP contribution in [0.1, 0.15) is 17.5 Å². The third-order valence-electron chi connectivity index (χ3n) is 3.09. The molecule has 0 aliphatic carbocycles. The van der Waals surface area contributed by atoms with Crippen LogP contribution in [0.25, 0.3) is 0 Å². The molecular weight excluding hydrogens is 252 g/mol. The van der Waals surface area contributed by atoms with E-state index in [1.54, 1.807) is 6.20 Å². The summed E-state index contributed by atoms with van der Waals surface area (Å²) in [5.74, 6) is 0.0632. The van der Waals surface area contributed by atoms with Crippen molar-refractivity contribution in [3.63, 3.8) is 0 Å². The Morgan fingerprint density at radius 1 is 1.25 bits per heavy atom. The van der Waals surface area contributed by atoms with Crippen molar-refractivity contribution in [2.45, 2.75) is 19.5 Å². The first kappa shape index (κ1) is 14.3. The minimum Gasteiger partial charge on any atom is -0.352 e. The van der Waals surface area contributed by atoms with E-state index in [9.17, 15) is 4.79 Å². The van der Waals surface area contributed by atoms with E-state index in [0.29, 0.717) is 19.5 Å². The second-order valence-corrected chi connectivity index (χ2v) is 4.60. The molecule has 1 amide bonds. The molecule has 0 fully saturated rings. The molecule has 2 aromatic rings. The molecule has 0 radical (unpaired) electrons. The zero-order chi connectivity index (χ0) is 14.2. The topological polar surface area (TPSA) is 59.0 Å². The highest BCUT2D eigenvalue weighted by Gasteiger charge is 2.05. The van der Waals surface area contributed by atoms with Gasteiger partial charge in [-0.3, -0.25) is 9.48 Å². The number of aromatic nitrogens is 2. The largest absolute Gasteiger partial charge is 0.352 e. The maximum absolute atomic E-state index is 11.6. The minimum absolute atomic E-state index is 0.0632. The Morgan fingerprint density at radius 3 is 2.75 bits per heavy atom. The number of hydrogen-bond acceptors (Lipinski definition) is 3. The van der Waals surface area contributed by atoms with Crippen molar-refractivity contribution in [2.75, 3.05) is 13.6 Å². The number of rotatable bonds is 7. The SMILES string of the molecule is CNCCC(=O)NCc1ccccc1Cn1cccn1. The van der Waals surface area contributed by atoms with Crippen LogP contribution in [0.5, 0.6) is 0 Å². The molecule has 0 unspecified atom stereocenters. The highest BCUT2D eigenvalue weighted by molar-refractivity contribution is 5.76. The molecule has 1 aromatic carbocycles. The Balaban J connectivity index is 1.95. The Bertz CT molecular complexity index is 537. The number of hydrogen-bond donors (Lipinski definition) is 2. The Kier molecular flexibility index (Phi) is 5.32. The lowest BCUT2D eigenvalue weighted by Gasteiger charge is -2.11. The van der Waals surface area contributed by atoms with E-state index in [-0.39, 0.29) is 5.91 Å². The van der Waals surface area contributed by atoms with Gasteiger partial charge in [-0.25, -0.2) is 0 Å². The average molecular weight is 272 g/mol. The molecule has 2 rings (SSSR count). The van der Waals surface area contributed by atoms with Crippen molar-refractivity contribution in [3.05, 3.63) is 53.9 Å². The molecule has 5 heteroatoms. The zero-order valence-electron chi connectivity index (χ0n) is 11.7. The normalized spacial score (nSPS) is 10.4. The molecule has 20 heavy (non-hydrogen) atoms. The number of nitrogens with zero attached hydrogens (tertiary/aromatic N) is 2. The summed E-state index contributed by atoms with van der Waals surface area (Å²) in [5, 5.41) is 10.1. The molecule has 0 aliphatic rings. The standard InChI is InChI=1S/C15H20N4O/c1-16-9-7-15(20)17-11-13-5-2-3-6-14(13)12-19-10-4-8-18-19/h2-6,8,10,16H,7,9,11-12H2,1H3,(H,17,20). The van der Waals surface area contributed by atoms with Crippen LogP contribution in [0.4, 0.5) is 0 Å². The van der Waals surface area contributed by atoms with Crippen LogP contribution in [0.2, 0.25) is 0 Å². The van der Waals surface area contributed by atoms with E-state index in [4.69, 9.17) is 0 Å². The van der Waals surface area contributed by atoms with Crippen LogP contribution >= 0.6 is 0 Å². The van der Waals surface area contributed by atoms with Gasteiger partial charge in [-0.15, -0.1) is 0 Å². The van der Waals surface area contributed by atoms with Gasteiger partial charge in [0.25, 0.3) is 0 Å². The first-order valence-corrected chi connectivity index (χ1v) is 6.75. The van der Waals surface area contributed by atoms with Gasteiger partial charge in [-0.1, -0.05) is 24.3 Å². The van der Waals surface area contributed by atoms with Crippen molar-refractivity contribution < 1.29 is 4.79 Å². The summed E-state index contributed by atoms with van der Waals surface area (Å²) in [5.41, 5.74) is 2.30. The lowest BCUT2D eigenvalue weighted by molar-refractivity contribution is -0.121. The maximum Gasteiger partial charge on any atom is 0.221 e. The Morgan fingerprint density at radius 2 is 2.05 bits per heavy atom. The van der Waals surface area contributed by atoms with Crippen LogP contribution in [-0.2, 0) is 17.9 Å². The van der Waals surface area contributed by atoms with E-state index < -0.39 is 0 Å². The van der Waals surface area contributed by atoms with Gasteiger partial charge in [0.05, 0.1) is 6.54 Å². The fourth-order valence-electron chi connectivity index (χ4n) is 1.97. The summed E-state index contributed by atoms with van der Waals surface area (Å²) in [6.45, 7) is 1.97. The molecule has 106 valence electrons. The maximum atomic E-state index is 11.6. The van der Waals surface area contributed by atoms with Gasteiger partial charge < -0.3 is 10.6 Å². The van der Waals surface area contributed by atoms with E-state index in [0.717, 1.165) is 12.1 Å². The van der Waals surface area contributed by atoms with Crippen LogP contribution in [0, 0.1) is 0 Å². The molecular formula is C15H20N4O. The van der Waals surface area contributed by atoms with Crippen molar-refractivity contribution in [1.29, 1.82) is 0 Å². The highest BCUT2D eigenvalue weighted by Crippen LogP contribution is 2.10. The lowest BCUT2D eigenvalue weighted by Crippen LogP contribution is -2.26. The van der Waals surface area contributed by atoms with Crippen LogP contribution in [0.15, 0.2) is 42.7 Å². The molecule has 0 atom stereocenters. The fraction of sp³-hybridized carbons (Fsp3) is 0.333. The molecule has 2 N–H and O–H groups in total. The second kappa shape index (κ2) is 7.45. The van der Waals surface area contributed by atoms with E-state index in [1.165, 1.54) is 5.56 Å². The Labute approximate surface area is 119 Å². The summed E-state index contributed by atoms with van der Waals surface area (Å²) in [6.07, 6.45) is 4.20. The molecule has 5 nitrogen and oxygen atoms in total. The van der Waals surface area contributed by atoms with Gasteiger partial charge in [0, 0.05) is 31.9 Å². The van der Waals surface area contributed by atoms with Crippen molar-refractivity contribution >= 4 is 5.91 Å². The first-order valence-electron chi connectivity index (χ1n) is 6.75.